The molecule has 2 aromatic rings. The number of anilines is 1. The molecule has 0 unspecified atom stereocenters. The van der Waals surface area contributed by atoms with Crippen LogP contribution in [0.25, 0.3) is 0 Å². The lowest BCUT2D eigenvalue weighted by molar-refractivity contribution is -0.143. The van der Waals surface area contributed by atoms with E-state index in [0.29, 0.717) is 31.0 Å². The number of carbonyl (C=O) groups excluding carboxylic acids is 2. The lowest BCUT2D eigenvalue weighted by Crippen LogP contribution is -2.50. The van der Waals surface area contributed by atoms with Gasteiger partial charge in [-0.2, -0.15) is 39.5 Å². The second-order valence-electron chi connectivity index (χ2n) is 10.3. The van der Waals surface area contributed by atoms with E-state index < -0.39 is 77.3 Å². The molecule has 16 heteroatoms. The number of alkyl halides is 9. The van der Waals surface area contributed by atoms with Crippen LogP contribution in [-0.4, -0.2) is 44.0 Å². The zero-order valence-electron chi connectivity index (χ0n) is 23.5. The predicted octanol–water partition coefficient (Wildman–Crippen LogP) is 8.21. The van der Waals surface area contributed by atoms with Crippen molar-refractivity contribution in [2.45, 2.75) is 63.3 Å². The highest BCUT2D eigenvalue weighted by molar-refractivity contribution is 5.91. The molecule has 2 atom stereocenters. The van der Waals surface area contributed by atoms with Crippen LogP contribution in [0.3, 0.4) is 0 Å². The van der Waals surface area contributed by atoms with Crippen LogP contribution in [0.2, 0.25) is 0 Å². The molecule has 7 nitrogen and oxygen atoms in total. The molecule has 1 aliphatic heterocycles. The Balaban J connectivity index is 1.93. The molecule has 1 saturated carbocycles. The summed E-state index contributed by atoms with van der Waals surface area (Å²) in [5.74, 6) is -0.908. The molecule has 4 rings (SSSR count). The summed E-state index contributed by atoms with van der Waals surface area (Å²) in [7, 11) is 1.90. The topological polar surface area (TPSA) is 68.3 Å². The SMILES string of the molecule is CCOC(=O)N1c2cc(C(F)(F)F)c(OC)cc2[C@H](N(Cc2cc(C(F)(F)F)cc(C(F)(F)F)c2)C(=O)OC)C[C@@H]1C1CC1. The number of carbonyl (C=O) groups is 2. The van der Waals surface area contributed by atoms with Gasteiger partial charge in [0.15, 0.2) is 0 Å². The summed E-state index contributed by atoms with van der Waals surface area (Å²) in [6.07, 6.45) is -16.4. The Kier molecular flexibility index (Phi) is 8.95. The smallest absolute Gasteiger partial charge is 0.420 e. The molecular weight excluding hydrogens is 615 g/mol. The van der Waals surface area contributed by atoms with Gasteiger partial charge in [0.2, 0.25) is 0 Å². The van der Waals surface area contributed by atoms with Crippen molar-refractivity contribution in [3.63, 3.8) is 0 Å². The number of fused-ring (bicyclic) bond motifs is 1. The Bertz CT molecular complexity index is 1370. The third-order valence-electron chi connectivity index (χ3n) is 7.49. The van der Waals surface area contributed by atoms with Gasteiger partial charge in [-0.1, -0.05) is 0 Å². The third kappa shape index (κ3) is 6.78. The van der Waals surface area contributed by atoms with Crippen molar-refractivity contribution in [2.24, 2.45) is 5.92 Å². The molecule has 0 saturated heterocycles. The Hall–Kier alpha value is -3.85. The first-order chi connectivity index (χ1) is 20.4. The summed E-state index contributed by atoms with van der Waals surface area (Å²) in [5, 5.41) is 0. The molecule has 1 heterocycles. The molecule has 2 amide bonds. The number of hydrogen-bond donors (Lipinski definition) is 0. The third-order valence-corrected chi connectivity index (χ3v) is 7.49. The van der Waals surface area contributed by atoms with Gasteiger partial charge in [0.1, 0.15) is 5.75 Å². The van der Waals surface area contributed by atoms with Crippen molar-refractivity contribution in [3.8, 4) is 5.75 Å². The normalized spacial score (nSPS) is 18.9. The molecule has 0 radical (unpaired) electrons. The molecule has 0 spiro atoms. The second-order valence-corrected chi connectivity index (χ2v) is 10.3. The van der Waals surface area contributed by atoms with Crippen LogP contribution in [0.15, 0.2) is 30.3 Å². The second kappa shape index (κ2) is 11.9. The molecule has 1 aliphatic carbocycles. The number of amides is 2. The van der Waals surface area contributed by atoms with Crippen LogP contribution >= 0.6 is 0 Å². The van der Waals surface area contributed by atoms with Crippen molar-refractivity contribution in [1.29, 1.82) is 0 Å². The van der Waals surface area contributed by atoms with Crippen molar-refractivity contribution < 1.29 is 63.3 Å². The van der Waals surface area contributed by atoms with Gasteiger partial charge in [-0.15, -0.1) is 0 Å². The fourth-order valence-corrected chi connectivity index (χ4v) is 5.42. The largest absolute Gasteiger partial charge is 0.496 e. The Morgan fingerprint density at radius 2 is 1.48 bits per heavy atom. The first-order valence-corrected chi connectivity index (χ1v) is 13.3. The number of rotatable bonds is 6. The van der Waals surface area contributed by atoms with E-state index in [1.165, 1.54) is 6.92 Å². The standard InChI is InChI=1S/C28H27F9N2O5/c1-4-44-25(41)39-20(15-5-6-15)12-21(18-10-23(42-2)19(11-22(18)39)28(35,36)37)38(24(40)43-3)13-14-7-16(26(29,30)31)9-17(8-14)27(32,33)34/h7-11,15,20-21H,4-6,12-13H2,1-3H3/t20-,21-/m1/s1. The summed E-state index contributed by atoms with van der Waals surface area (Å²) in [5.41, 5.74) is -5.41. The highest BCUT2D eigenvalue weighted by atomic mass is 19.4. The maximum absolute atomic E-state index is 14.1. The van der Waals surface area contributed by atoms with Crippen molar-refractivity contribution >= 4 is 17.9 Å². The van der Waals surface area contributed by atoms with Crippen LogP contribution in [0.1, 0.15) is 60.0 Å². The monoisotopic (exact) mass is 642 g/mol. The zero-order valence-corrected chi connectivity index (χ0v) is 23.5. The molecule has 242 valence electrons. The van der Waals surface area contributed by atoms with Crippen LogP contribution < -0.4 is 9.64 Å². The van der Waals surface area contributed by atoms with Crippen molar-refractivity contribution in [1.82, 2.24) is 4.90 Å². The van der Waals surface area contributed by atoms with Gasteiger partial charge < -0.3 is 14.2 Å². The molecule has 2 aliphatic rings. The average Bonchev–Trinajstić information content (AvgIpc) is 3.78. The molecule has 0 N–H and O–H groups in total. The summed E-state index contributed by atoms with van der Waals surface area (Å²) in [6, 6.07) is 0.368. The number of ether oxygens (including phenoxy) is 3. The molecule has 1 fully saturated rings. The summed E-state index contributed by atoms with van der Waals surface area (Å²) < 4.78 is 139. The van der Waals surface area contributed by atoms with E-state index >= 15 is 0 Å². The lowest BCUT2D eigenvalue weighted by atomic mass is 9.86. The first kappa shape index (κ1) is 33.1. The number of methoxy groups -OCH3 is 2. The van der Waals surface area contributed by atoms with Gasteiger partial charge in [0.05, 0.1) is 49.2 Å². The average molecular weight is 643 g/mol. The van der Waals surface area contributed by atoms with E-state index in [1.54, 1.807) is 0 Å². The quantitative estimate of drug-likeness (QED) is 0.297. The molecule has 44 heavy (non-hydrogen) atoms. The van der Waals surface area contributed by atoms with Crippen molar-refractivity contribution in [3.05, 3.63) is 58.1 Å². The highest BCUT2D eigenvalue weighted by Crippen LogP contribution is 2.52. The number of benzene rings is 2. The predicted molar refractivity (Wildman–Crippen MR) is 136 cm³/mol. The minimum atomic E-state index is -5.16. The lowest BCUT2D eigenvalue weighted by Gasteiger charge is -2.44. The Labute approximate surface area is 245 Å². The number of hydrogen-bond acceptors (Lipinski definition) is 5. The summed E-state index contributed by atoms with van der Waals surface area (Å²) >= 11 is 0. The Morgan fingerprint density at radius 1 is 0.886 bits per heavy atom. The molecule has 0 bridgehead atoms. The van der Waals surface area contributed by atoms with Gasteiger partial charge in [-0.3, -0.25) is 9.80 Å². The summed E-state index contributed by atoms with van der Waals surface area (Å²) in [4.78, 5) is 28.1. The minimum absolute atomic E-state index is 0.0637. The number of nitrogens with zero attached hydrogens (tertiary/aromatic N) is 2. The van der Waals surface area contributed by atoms with Gasteiger partial charge in [-0.25, -0.2) is 9.59 Å². The molecule has 0 aromatic heterocycles. The fraction of sp³-hybridized carbons (Fsp3) is 0.500. The zero-order chi connectivity index (χ0) is 32.8. The summed E-state index contributed by atoms with van der Waals surface area (Å²) in [6.45, 7) is 0.541. The van der Waals surface area contributed by atoms with Crippen LogP contribution in [0.5, 0.6) is 5.75 Å². The maximum Gasteiger partial charge on any atom is 0.420 e. The molecular formula is C28H27F9N2O5. The van der Waals surface area contributed by atoms with Crippen LogP contribution in [0, 0.1) is 5.92 Å². The maximum atomic E-state index is 14.1. The highest BCUT2D eigenvalue weighted by Gasteiger charge is 2.49. The van der Waals surface area contributed by atoms with Crippen LogP contribution in [0.4, 0.5) is 54.8 Å². The minimum Gasteiger partial charge on any atom is -0.496 e. The van der Waals surface area contributed by atoms with Crippen molar-refractivity contribution in [2.75, 3.05) is 25.7 Å². The van der Waals surface area contributed by atoms with Gasteiger partial charge >= 0.3 is 30.7 Å². The van der Waals surface area contributed by atoms with Crippen LogP contribution in [-0.2, 0) is 34.5 Å². The van der Waals surface area contributed by atoms with E-state index in [1.807, 2.05) is 0 Å². The van der Waals surface area contributed by atoms with E-state index in [0.717, 1.165) is 30.1 Å². The Morgan fingerprint density at radius 3 is 1.93 bits per heavy atom. The van der Waals surface area contributed by atoms with E-state index in [2.05, 4.69) is 0 Å². The van der Waals surface area contributed by atoms with E-state index in [-0.39, 0.29) is 36.3 Å². The number of halogens is 9. The van der Waals surface area contributed by atoms with Gasteiger partial charge in [-0.05, 0) is 68.0 Å². The first-order valence-electron chi connectivity index (χ1n) is 13.3. The fourth-order valence-electron chi connectivity index (χ4n) is 5.42. The molecule has 2 aromatic carbocycles. The van der Waals surface area contributed by atoms with Gasteiger partial charge in [0, 0.05) is 18.2 Å². The van der Waals surface area contributed by atoms with E-state index in [4.69, 9.17) is 14.2 Å². The van der Waals surface area contributed by atoms with E-state index in [9.17, 15) is 49.1 Å². The van der Waals surface area contributed by atoms with Gasteiger partial charge in [0.25, 0.3) is 0 Å².